The van der Waals surface area contributed by atoms with Gasteiger partial charge >= 0.3 is 0 Å². The molecule has 0 aliphatic rings. The first kappa shape index (κ1) is 25.8. The minimum atomic E-state index is -0.335. The van der Waals surface area contributed by atoms with Crippen molar-refractivity contribution in [3.63, 3.8) is 0 Å². The molecule has 0 spiro atoms. The van der Waals surface area contributed by atoms with Crippen LogP contribution in [0.2, 0.25) is 0 Å². The largest absolute Gasteiger partial charge is 0.497 e. The second-order valence-electron chi connectivity index (χ2n) is 9.64. The van der Waals surface area contributed by atoms with Crippen LogP contribution in [-0.4, -0.2) is 54.3 Å². The number of carbonyl (C=O) groups excluding carboxylic acids is 2. The summed E-state index contributed by atoms with van der Waals surface area (Å²) in [7, 11) is 4.60. The molecule has 0 atom stereocenters. The summed E-state index contributed by atoms with van der Waals surface area (Å²) in [4.78, 5) is 27.4. The Morgan fingerprint density at radius 1 is 1.03 bits per heavy atom. The summed E-state index contributed by atoms with van der Waals surface area (Å²) in [6.07, 6.45) is 0. The summed E-state index contributed by atoms with van der Waals surface area (Å²) in [5.41, 5.74) is 4.06. The Morgan fingerprint density at radius 2 is 1.74 bits per heavy atom. The van der Waals surface area contributed by atoms with Gasteiger partial charge in [0.1, 0.15) is 17.3 Å². The number of rotatable bonds is 7. The molecule has 0 aliphatic carbocycles. The summed E-state index contributed by atoms with van der Waals surface area (Å²) in [6, 6.07) is 12.9. The number of carbonyl (C=O) groups is 2. The van der Waals surface area contributed by atoms with Gasteiger partial charge in [0, 0.05) is 24.6 Å². The maximum Gasteiger partial charge on any atom is 0.257 e. The zero-order chi connectivity index (χ0) is 25.9. The van der Waals surface area contributed by atoms with Crippen LogP contribution in [0.1, 0.15) is 48.0 Å². The monoisotopic (exact) mass is 478 g/mol. The van der Waals surface area contributed by atoms with E-state index in [1.54, 1.807) is 37.0 Å². The maximum absolute atomic E-state index is 13.0. The van der Waals surface area contributed by atoms with Gasteiger partial charge in [-0.2, -0.15) is 5.10 Å². The summed E-state index contributed by atoms with van der Waals surface area (Å²) in [5.74, 6) is 0.838. The first-order valence-electron chi connectivity index (χ1n) is 11.4. The smallest absolute Gasteiger partial charge is 0.257 e. The highest BCUT2D eigenvalue weighted by molar-refractivity contribution is 6.00. The molecule has 0 unspecified atom stereocenters. The predicted molar refractivity (Wildman–Crippen MR) is 137 cm³/mol. The van der Waals surface area contributed by atoms with Gasteiger partial charge in [-0.05, 0) is 37.6 Å². The second kappa shape index (κ2) is 10.2. The predicted octanol–water partition coefficient (Wildman–Crippen LogP) is 4.51. The van der Waals surface area contributed by atoms with Crippen LogP contribution in [0.3, 0.4) is 0 Å². The van der Waals surface area contributed by atoms with Crippen LogP contribution in [0.25, 0.3) is 5.69 Å². The first-order valence-corrected chi connectivity index (χ1v) is 11.4. The standard InChI is InChI=1S/C27H34N4O4/c1-17-9-12-21(18(2)13-17)31-24(15-23(29-31)27(3,4)5)28-25(32)16-30(6)26(33)20-11-10-19(34-7)14-22(20)35-8/h9-15H,16H2,1-8H3,(H,28,32). The Balaban J connectivity index is 1.84. The number of nitrogens with zero attached hydrogens (tertiary/aromatic N) is 3. The minimum Gasteiger partial charge on any atom is -0.497 e. The van der Waals surface area contributed by atoms with E-state index >= 15 is 0 Å². The summed E-state index contributed by atoms with van der Waals surface area (Å²) >= 11 is 0. The molecular formula is C27H34N4O4. The molecule has 0 aliphatic heterocycles. The molecule has 35 heavy (non-hydrogen) atoms. The van der Waals surface area contributed by atoms with Gasteiger partial charge in [-0.3, -0.25) is 9.59 Å². The highest BCUT2D eigenvalue weighted by Gasteiger charge is 2.24. The molecule has 1 N–H and O–H groups in total. The van der Waals surface area contributed by atoms with Gasteiger partial charge in [0.25, 0.3) is 5.91 Å². The van der Waals surface area contributed by atoms with Crippen molar-refractivity contribution in [3.05, 3.63) is 64.8 Å². The topological polar surface area (TPSA) is 85.7 Å². The van der Waals surface area contributed by atoms with E-state index in [0.29, 0.717) is 22.9 Å². The van der Waals surface area contributed by atoms with E-state index in [9.17, 15) is 9.59 Å². The van der Waals surface area contributed by atoms with Gasteiger partial charge in [-0.25, -0.2) is 4.68 Å². The van der Waals surface area contributed by atoms with E-state index in [2.05, 4.69) is 32.2 Å². The average molecular weight is 479 g/mol. The highest BCUT2D eigenvalue weighted by atomic mass is 16.5. The van der Waals surface area contributed by atoms with Gasteiger partial charge in [-0.1, -0.05) is 38.5 Å². The zero-order valence-electron chi connectivity index (χ0n) is 21.7. The van der Waals surface area contributed by atoms with E-state index in [4.69, 9.17) is 14.6 Å². The number of amides is 2. The van der Waals surface area contributed by atoms with Gasteiger partial charge in [-0.15, -0.1) is 0 Å². The average Bonchev–Trinajstić information content (AvgIpc) is 3.21. The molecule has 2 amide bonds. The molecule has 0 fully saturated rings. The van der Waals surface area contributed by atoms with Crippen molar-refractivity contribution in [1.29, 1.82) is 0 Å². The minimum absolute atomic E-state index is 0.142. The van der Waals surface area contributed by atoms with Crippen molar-refractivity contribution in [2.24, 2.45) is 0 Å². The van der Waals surface area contributed by atoms with Crippen LogP contribution in [0.5, 0.6) is 11.5 Å². The maximum atomic E-state index is 13.0. The Labute approximate surface area is 206 Å². The lowest BCUT2D eigenvalue weighted by atomic mass is 9.92. The molecule has 8 heteroatoms. The second-order valence-corrected chi connectivity index (χ2v) is 9.64. The van der Waals surface area contributed by atoms with Crippen LogP contribution in [0, 0.1) is 13.8 Å². The number of likely N-dealkylation sites (N-methyl/N-ethyl adjacent to an activating group) is 1. The quantitative estimate of drug-likeness (QED) is 0.540. The number of aromatic nitrogens is 2. The number of anilines is 1. The molecular weight excluding hydrogens is 444 g/mol. The lowest BCUT2D eigenvalue weighted by Gasteiger charge is -2.19. The Bertz CT molecular complexity index is 1240. The lowest BCUT2D eigenvalue weighted by Crippen LogP contribution is -2.35. The fourth-order valence-corrected chi connectivity index (χ4v) is 3.71. The van der Waals surface area contributed by atoms with Crippen molar-refractivity contribution in [2.45, 2.75) is 40.0 Å². The fourth-order valence-electron chi connectivity index (χ4n) is 3.71. The molecule has 1 heterocycles. The van der Waals surface area contributed by atoms with Crippen molar-refractivity contribution in [3.8, 4) is 17.2 Å². The molecule has 0 saturated carbocycles. The summed E-state index contributed by atoms with van der Waals surface area (Å²) in [6.45, 7) is 10.1. The van der Waals surface area contributed by atoms with E-state index in [1.807, 2.05) is 32.0 Å². The number of nitrogens with one attached hydrogen (secondary N) is 1. The molecule has 1 aromatic heterocycles. The van der Waals surface area contributed by atoms with E-state index in [0.717, 1.165) is 22.5 Å². The molecule has 3 aromatic rings. The molecule has 0 radical (unpaired) electrons. The van der Waals surface area contributed by atoms with Crippen LogP contribution in [0.15, 0.2) is 42.5 Å². The van der Waals surface area contributed by atoms with Gasteiger partial charge in [0.2, 0.25) is 5.91 Å². The lowest BCUT2D eigenvalue weighted by molar-refractivity contribution is -0.116. The van der Waals surface area contributed by atoms with Crippen LogP contribution < -0.4 is 14.8 Å². The third-order valence-corrected chi connectivity index (χ3v) is 5.69. The van der Waals surface area contributed by atoms with Crippen LogP contribution in [0.4, 0.5) is 5.82 Å². The molecule has 3 rings (SSSR count). The third-order valence-electron chi connectivity index (χ3n) is 5.69. The molecule has 186 valence electrons. The fraction of sp³-hybridized carbons (Fsp3) is 0.370. The number of aryl methyl sites for hydroxylation is 2. The SMILES string of the molecule is COc1ccc(C(=O)N(C)CC(=O)Nc2cc(C(C)(C)C)nn2-c2ccc(C)cc2C)c(OC)c1. The van der Waals surface area contributed by atoms with Gasteiger partial charge in [0.05, 0.1) is 37.7 Å². The van der Waals surface area contributed by atoms with E-state index in [-0.39, 0.29) is 23.8 Å². The molecule has 2 aromatic carbocycles. The number of methoxy groups -OCH3 is 2. The van der Waals surface area contributed by atoms with E-state index in [1.165, 1.54) is 12.0 Å². The van der Waals surface area contributed by atoms with Crippen LogP contribution >= 0.6 is 0 Å². The highest BCUT2D eigenvalue weighted by Crippen LogP contribution is 2.28. The van der Waals surface area contributed by atoms with Crippen molar-refractivity contribution in [1.82, 2.24) is 14.7 Å². The van der Waals surface area contributed by atoms with Crippen molar-refractivity contribution < 1.29 is 19.1 Å². The van der Waals surface area contributed by atoms with Crippen molar-refractivity contribution in [2.75, 3.05) is 33.1 Å². The zero-order valence-corrected chi connectivity index (χ0v) is 21.7. The summed E-state index contributed by atoms with van der Waals surface area (Å²) in [5, 5.41) is 7.73. The van der Waals surface area contributed by atoms with Gasteiger partial charge in [0.15, 0.2) is 0 Å². The number of benzene rings is 2. The molecule has 8 nitrogen and oxygen atoms in total. The Hall–Kier alpha value is -3.81. The third kappa shape index (κ3) is 5.82. The Kier molecular flexibility index (Phi) is 7.53. The van der Waals surface area contributed by atoms with Crippen LogP contribution in [-0.2, 0) is 10.2 Å². The number of hydrogen-bond acceptors (Lipinski definition) is 5. The van der Waals surface area contributed by atoms with Gasteiger partial charge < -0.3 is 19.7 Å². The number of ether oxygens (including phenoxy) is 2. The first-order chi connectivity index (χ1) is 16.4. The normalized spacial score (nSPS) is 11.2. The molecule has 0 saturated heterocycles. The number of hydrogen-bond donors (Lipinski definition) is 1. The molecule has 0 bridgehead atoms. The van der Waals surface area contributed by atoms with Crippen molar-refractivity contribution >= 4 is 17.6 Å². The Morgan fingerprint density at radius 3 is 2.34 bits per heavy atom. The van der Waals surface area contributed by atoms with E-state index < -0.39 is 0 Å². The summed E-state index contributed by atoms with van der Waals surface area (Å²) < 4.78 is 12.3.